The van der Waals surface area contributed by atoms with E-state index in [9.17, 15) is 0 Å². The largest absolute Gasteiger partial charge is 0.382 e. The van der Waals surface area contributed by atoms with Gasteiger partial charge in [-0.15, -0.1) is 0 Å². The predicted molar refractivity (Wildman–Crippen MR) is 116 cm³/mol. The summed E-state index contributed by atoms with van der Waals surface area (Å²) in [4.78, 5) is 4.12. The molecule has 0 radical (unpaired) electrons. The van der Waals surface area contributed by atoms with Gasteiger partial charge in [0.15, 0.2) is 0 Å². The number of aromatic nitrogens is 2. The quantitative estimate of drug-likeness (QED) is 0.583. The summed E-state index contributed by atoms with van der Waals surface area (Å²) in [6.07, 6.45) is 5.20. The van der Waals surface area contributed by atoms with Gasteiger partial charge >= 0.3 is 0 Å². The van der Waals surface area contributed by atoms with E-state index in [1.54, 1.807) is 24.7 Å². The van der Waals surface area contributed by atoms with Crippen molar-refractivity contribution < 1.29 is 9.47 Å². The van der Waals surface area contributed by atoms with Gasteiger partial charge in [0, 0.05) is 35.2 Å². The van der Waals surface area contributed by atoms with E-state index < -0.39 is 5.79 Å². The van der Waals surface area contributed by atoms with Crippen molar-refractivity contribution in [2.45, 2.75) is 32.3 Å². The standard InChI is InChI=1S/C22H23Cl2N3O2/c1-15-3-6-21(16(2)9-15)26-11-18-12-28-22(29-18,13-27-8-7-25-14-27)19-5-4-17(23)10-20(19)24/h3-10,14,18,26H,11-13H2,1-2H3. The fraction of sp³-hybridized carbons (Fsp3) is 0.318. The molecule has 1 fully saturated rings. The molecule has 0 spiro atoms. The fourth-order valence-corrected chi connectivity index (χ4v) is 4.18. The number of anilines is 1. The first-order valence-corrected chi connectivity index (χ1v) is 10.2. The number of benzene rings is 2. The van der Waals surface area contributed by atoms with Gasteiger partial charge in [-0.05, 0) is 37.6 Å². The average molecular weight is 432 g/mol. The highest BCUT2D eigenvalue weighted by Crippen LogP contribution is 2.40. The lowest BCUT2D eigenvalue weighted by Gasteiger charge is -2.30. The Bertz CT molecular complexity index is 994. The smallest absolute Gasteiger partial charge is 0.215 e. The van der Waals surface area contributed by atoms with Crippen molar-refractivity contribution >= 4 is 28.9 Å². The first-order chi connectivity index (χ1) is 13.9. The molecule has 0 aliphatic carbocycles. The molecule has 2 heterocycles. The maximum absolute atomic E-state index is 6.51. The molecule has 29 heavy (non-hydrogen) atoms. The Labute approximate surface area is 180 Å². The van der Waals surface area contributed by atoms with Gasteiger partial charge in [0.25, 0.3) is 0 Å². The molecule has 1 saturated heterocycles. The summed E-state index contributed by atoms with van der Waals surface area (Å²) in [7, 11) is 0. The highest BCUT2D eigenvalue weighted by Gasteiger charge is 2.45. The SMILES string of the molecule is Cc1ccc(NCC2COC(Cn3ccnc3)(c3ccc(Cl)cc3Cl)O2)c(C)c1. The van der Waals surface area contributed by atoms with E-state index in [0.717, 1.165) is 11.3 Å². The van der Waals surface area contributed by atoms with Gasteiger partial charge < -0.3 is 19.4 Å². The van der Waals surface area contributed by atoms with Crippen LogP contribution in [0.3, 0.4) is 0 Å². The van der Waals surface area contributed by atoms with Crippen molar-refractivity contribution in [2.24, 2.45) is 0 Å². The number of rotatable bonds is 6. The van der Waals surface area contributed by atoms with Crippen LogP contribution in [-0.4, -0.2) is 28.8 Å². The number of hydrogen-bond donors (Lipinski definition) is 1. The Morgan fingerprint density at radius 1 is 1.21 bits per heavy atom. The van der Waals surface area contributed by atoms with Crippen LogP contribution in [0.15, 0.2) is 55.1 Å². The van der Waals surface area contributed by atoms with E-state index >= 15 is 0 Å². The molecular weight excluding hydrogens is 409 g/mol. The minimum Gasteiger partial charge on any atom is -0.382 e. The van der Waals surface area contributed by atoms with Crippen LogP contribution < -0.4 is 5.32 Å². The van der Waals surface area contributed by atoms with E-state index in [0.29, 0.717) is 29.7 Å². The van der Waals surface area contributed by atoms with Crippen LogP contribution in [0.2, 0.25) is 10.0 Å². The van der Waals surface area contributed by atoms with E-state index in [-0.39, 0.29) is 6.10 Å². The molecule has 1 aliphatic heterocycles. The number of ether oxygens (including phenoxy) is 2. The van der Waals surface area contributed by atoms with Crippen molar-refractivity contribution in [1.29, 1.82) is 0 Å². The average Bonchev–Trinajstić information content (AvgIpc) is 3.32. The van der Waals surface area contributed by atoms with Crippen LogP contribution in [0.25, 0.3) is 0 Å². The van der Waals surface area contributed by atoms with Crippen LogP contribution in [0.4, 0.5) is 5.69 Å². The summed E-state index contributed by atoms with van der Waals surface area (Å²) in [5.74, 6) is -1.00. The molecule has 5 nitrogen and oxygen atoms in total. The Hall–Kier alpha value is -2.05. The normalized spacial score (nSPS) is 21.4. The van der Waals surface area contributed by atoms with Crippen LogP contribution in [0, 0.1) is 13.8 Å². The van der Waals surface area contributed by atoms with E-state index in [2.05, 4.69) is 42.3 Å². The van der Waals surface area contributed by atoms with Crippen molar-refractivity contribution in [1.82, 2.24) is 9.55 Å². The first-order valence-electron chi connectivity index (χ1n) is 9.49. The van der Waals surface area contributed by atoms with Crippen LogP contribution >= 0.6 is 23.2 Å². The number of hydrogen-bond acceptors (Lipinski definition) is 4. The molecule has 0 bridgehead atoms. The van der Waals surface area contributed by atoms with Crippen molar-refractivity contribution in [3.63, 3.8) is 0 Å². The Morgan fingerprint density at radius 2 is 2.07 bits per heavy atom. The zero-order valence-electron chi connectivity index (χ0n) is 16.4. The third-order valence-electron chi connectivity index (χ3n) is 5.05. The number of halogens is 2. The third-order valence-corrected chi connectivity index (χ3v) is 5.60. The van der Waals surface area contributed by atoms with Crippen LogP contribution in [0.5, 0.6) is 0 Å². The minimum atomic E-state index is -1.00. The van der Waals surface area contributed by atoms with Gasteiger partial charge in [-0.2, -0.15) is 0 Å². The zero-order valence-corrected chi connectivity index (χ0v) is 17.9. The molecule has 4 rings (SSSR count). The van der Waals surface area contributed by atoms with E-state index in [1.165, 1.54) is 11.1 Å². The molecule has 7 heteroatoms. The van der Waals surface area contributed by atoms with Crippen molar-refractivity contribution in [3.8, 4) is 0 Å². The van der Waals surface area contributed by atoms with Crippen molar-refractivity contribution in [3.05, 3.63) is 81.9 Å². The molecule has 1 aliphatic rings. The topological polar surface area (TPSA) is 48.3 Å². The second kappa shape index (κ2) is 8.36. The summed E-state index contributed by atoms with van der Waals surface area (Å²) < 4.78 is 14.6. The molecule has 3 aromatic rings. The lowest BCUT2D eigenvalue weighted by Crippen LogP contribution is -2.34. The first kappa shape index (κ1) is 20.2. The van der Waals surface area contributed by atoms with Gasteiger partial charge in [-0.25, -0.2) is 4.98 Å². The fourth-order valence-electron chi connectivity index (χ4n) is 3.63. The minimum absolute atomic E-state index is 0.133. The lowest BCUT2D eigenvalue weighted by molar-refractivity contribution is -0.185. The van der Waals surface area contributed by atoms with Gasteiger partial charge in [0.05, 0.1) is 24.5 Å². The molecule has 0 saturated carbocycles. The number of nitrogens with one attached hydrogen (secondary N) is 1. The van der Waals surface area contributed by atoms with Crippen LogP contribution in [0.1, 0.15) is 16.7 Å². The summed E-state index contributed by atoms with van der Waals surface area (Å²) in [5.41, 5.74) is 4.29. The van der Waals surface area contributed by atoms with Gasteiger partial charge in [-0.3, -0.25) is 0 Å². The monoisotopic (exact) mass is 431 g/mol. The van der Waals surface area contributed by atoms with Crippen molar-refractivity contribution in [2.75, 3.05) is 18.5 Å². The predicted octanol–water partition coefficient (Wildman–Crippen LogP) is 5.19. The maximum Gasteiger partial charge on any atom is 0.215 e. The molecule has 2 aromatic carbocycles. The summed E-state index contributed by atoms with van der Waals surface area (Å²) >= 11 is 12.6. The number of nitrogens with zero attached hydrogens (tertiary/aromatic N) is 2. The molecule has 152 valence electrons. The second-order valence-corrected chi connectivity index (χ2v) is 8.21. The maximum atomic E-state index is 6.51. The summed E-state index contributed by atoms with van der Waals surface area (Å²) in [6, 6.07) is 11.7. The third kappa shape index (κ3) is 4.43. The summed E-state index contributed by atoms with van der Waals surface area (Å²) in [5, 5.41) is 4.56. The molecule has 2 unspecified atom stereocenters. The van der Waals surface area contributed by atoms with Gasteiger partial charge in [0.1, 0.15) is 6.10 Å². The van der Waals surface area contributed by atoms with E-state index in [4.69, 9.17) is 32.7 Å². The molecule has 1 aromatic heterocycles. The Morgan fingerprint density at radius 3 is 2.79 bits per heavy atom. The van der Waals surface area contributed by atoms with E-state index in [1.807, 2.05) is 16.8 Å². The number of aryl methyl sites for hydroxylation is 2. The molecule has 1 N–H and O–H groups in total. The van der Waals surface area contributed by atoms with Gasteiger partial charge in [0.2, 0.25) is 5.79 Å². The highest BCUT2D eigenvalue weighted by atomic mass is 35.5. The molecule has 2 atom stereocenters. The lowest BCUT2D eigenvalue weighted by atomic mass is 10.1. The Balaban J connectivity index is 1.55. The Kier molecular flexibility index (Phi) is 5.83. The highest BCUT2D eigenvalue weighted by molar-refractivity contribution is 6.35. The molecular formula is C22H23Cl2N3O2. The second-order valence-electron chi connectivity index (χ2n) is 7.36. The van der Waals surface area contributed by atoms with Gasteiger partial charge in [-0.1, -0.05) is 47.0 Å². The summed E-state index contributed by atoms with van der Waals surface area (Å²) in [6.45, 7) is 5.70. The van der Waals surface area contributed by atoms with Crippen LogP contribution in [-0.2, 0) is 21.8 Å². The molecule has 0 amide bonds. The zero-order chi connectivity index (χ0) is 20.4. The number of imidazole rings is 1.